The van der Waals surface area contributed by atoms with Gasteiger partial charge in [0.15, 0.2) is 0 Å². The summed E-state index contributed by atoms with van der Waals surface area (Å²) < 4.78 is 0. The van der Waals surface area contributed by atoms with E-state index in [4.69, 9.17) is 22.7 Å². The molecule has 4 N–H and O–H groups in total. The summed E-state index contributed by atoms with van der Waals surface area (Å²) in [7, 11) is 0. The Morgan fingerprint density at radius 2 is 2.00 bits per heavy atom. The highest BCUT2D eigenvalue weighted by Gasteiger charge is 1.93. The number of nitrogens with one attached hydrogen (secondary N) is 2. The number of hydrogen-bond donors (Lipinski definition) is 3. The molecule has 3 nitrogen and oxygen atoms in total. The molecule has 0 heterocycles. The van der Waals surface area contributed by atoms with Crippen LogP contribution in [0.15, 0.2) is 24.3 Å². The first kappa shape index (κ1) is 11.0. The fourth-order valence-electron chi connectivity index (χ4n) is 1.06. The Hall–Kier alpha value is -1.06. The van der Waals surface area contributed by atoms with E-state index in [2.05, 4.69) is 5.32 Å². The van der Waals surface area contributed by atoms with Crippen LogP contribution in [0.2, 0.25) is 5.02 Å². The summed E-state index contributed by atoms with van der Waals surface area (Å²) in [6.07, 6.45) is 0.591. The normalized spacial score (nSPS) is 10.1. The molecule has 0 radical (unpaired) electrons. The van der Waals surface area contributed by atoms with Gasteiger partial charge in [-0.3, -0.25) is 5.41 Å². The predicted molar refractivity (Wildman–Crippen MR) is 59.7 cm³/mol. The number of nitrogens with two attached hydrogens (primary N) is 1. The summed E-state index contributed by atoms with van der Waals surface area (Å²) >= 11 is 5.75. The smallest absolute Gasteiger partial charge is 0.0918 e. The van der Waals surface area contributed by atoms with Crippen LogP contribution >= 0.6 is 11.6 Å². The second-order valence-electron chi connectivity index (χ2n) is 3.08. The van der Waals surface area contributed by atoms with Crippen molar-refractivity contribution in [3.63, 3.8) is 0 Å². The predicted octanol–water partition coefficient (Wildman–Crippen LogP) is 1.76. The van der Waals surface area contributed by atoms with Crippen LogP contribution in [0.25, 0.3) is 0 Å². The van der Waals surface area contributed by atoms with E-state index >= 15 is 0 Å². The van der Waals surface area contributed by atoms with E-state index in [1.165, 1.54) is 5.56 Å². The van der Waals surface area contributed by atoms with Gasteiger partial charge in [0.25, 0.3) is 0 Å². The molecule has 1 rings (SSSR count). The fraction of sp³-hybridized carbons (Fsp3) is 0.300. The molecule has 1 aromatic carbocycles. The molecule has 0 bridgehead atoms. The molecule has 0 aliphatic heterocycles. The lowest BCUT2D eigenvalue weighted by atomic mass is 10.2. The van der Waals surface area contributed by atoms with Gasteiger partial charge in [0, 0.05) is 24.5 Å². The standard InChI is InChI=1S/C10H14ClN3/c11-9-3-1-8(2-4-9)7-14-6-5-10(12)13/h1-4,14H,5-7H2,(H3,12,13). The van der Waals surface area contributed by atoms with Crippen molar-refractivity contribution in [2.45, 2.75) is 13.0 Å². The summed E-state index contributed by atoms with van der Waals surface area (Å²) in [5.41, 5.74) is 6.40. The lowest BCUT2D eigenvalue weighted by Gasteiger charge is -2.03. The molecule has 0 spiro atoms. The maximum atomic E-state index is 7.03. The van der Waals surface area contributed by atoms with Crippen molar-refractivity contribution in [2.24, 2.45) is 5.73 Å². The first-order valence-corrected chi connectivity index (χ1v) is 4.84. The number of rotatable bonds is 5. The minimum atomic E-state index is 0.216. The van der Waals surface area contributed by atoms with Gasteiger partial charge in [-0.05, 0) is 17.7 Å². The Morgan fingerprint density at radius 3 is 2.57 bits per heavy atom. The van der Waals surface area contributed by atoms with Crippen LogP contribution in [0.4, 0.5) is 0 Å². The zero-order chi connectivity index (χ0) is 10.4. The van der Waals surface area contributed by atoms with Gasteiger partial charge < -0.3 is 11.1 Å². The van der Waals surface area contributed by atoms with Crippen molar-refractivity contribution in [1.29, 1.82) is 5.41 Å². The average Bonchev–Trinajstić information content (AvgIpc) is 2.15. The van der Waals surface area contributed by atoms with Gasteiger partial charge in [0.05, 0.1) is 5.84 Å². The zero-order valence-electron chi connectivity index (χ0n) is 7.89. The van der Waals surface area contributed by atoms with Crippen molar-refractivity contribution < 1.29 is 0 Å². The van der Waals surface area contributed by atoms with E-state index in [1.807, 2.05) is 24.3 Å². The highest BCUT2D eigenvalue weighted by molar-refractivity contribution is 6.30. The van der Waals surface area contributed by atoms with Crippen LogP contribution in [-0.4, -0.2) is 12.4 Å². The molecule has 14 heavy (non-hydrogen) atoms. The van der Waals surface area contributed by atoms with Crippen LogP contribution in [0.3, 0.4) is 0 Å². The zero-order valence-corrected chi connectivity index (χ0v) is 8.64. The maximum Gasteiger partial charge on any atom is 0.0918 e. The molecule has 0 aromatic heterocycles. The molecule has 76 valence electrons. The summed E-state index contributed by atoms with van der Waals surface area (Å²) in [6.45, 7) is 1.52. The molecule has 0 unspecified atom stereocenters. The first-order chi connectivity index (χ1) is 6.68. The SMILES string of the molecule is N=C(N)CCNCc1ccc(Cl)cc1. The maximum absolute atomic E-state index is 7.03. The minimum absolute atomic E-state index is 0.216. The van der Waals surface area contributed by atoms with E-state index in [0.717, 1.165) is 18.1 Å². The topological polar surface area (TPSA) is 61.9 Å². The van der Waals surface area contributed by atoms with Crippen LogP contribution in [-0.2, 0) is 6.54 Å². The fourth-order valence-corrected chi connectivity index (χ4v) is 1.18. The van der Waals surface area contributed by atoms with Gasteiger partial charge in [0.2, 0.25) is 0 Å². The van der Waals surface area contributed by atoms with Crippen molar-refractivity contribution >= 4 is 17.4 Å². The molecule has 1 aromatic rings. The molecule has 0 aliphatic rings. The summed E-state index contributed by atoms with van der Waals surface area (Å²) in [6, 6.07) is 7.68. The minimum Gasteiger partial charge on any atom is -0.388 e. The Labute approximate surface area is 88.8 Å². The Kier molecular flexibility index (Phi) is 4.43. The highest BCUT2D eigenvalue weighted by Crippen LogP contribution is 2.08. The van der Waals surface area contributed by atoms with E-state index in [-0.39, 0.29) is 5.84 Å². The highest BCUT2D eigenvalue weighted by atomic mass is 35.5. The molecule has 0 atom stereocenters. The van der Waals surface area contributed by atoms with Crippen LogP contribution in [0.1, 0.15) is 12.0 Å². The second kappa shape index (κ2) is 5.62. The molecule has 0 saturated carbocycles. The van der Waals surface area contributed by atoms with E-state index in [9.17, 15) is 0 Å². The van der Waals surface area contributed by atoms with Gasteiger partial charge in [-0.1, -0.05) is 23.7 Å². The third-order valence-corrected chi connectivity index (χ3v) is 2.07. The third-order valence-electron chi connectivity index (χ3n) is 1.81. The number of benzene rings is 1. The van der Waals surface area contributed by atoms with E-state index < -0.39 is 0 Å². The van der Waals surface area contributed by atoms with Crippen LogP contribution in [0.5, 0.6) is 0 Å². The molecule has 0 aliphatic carbocycles. The number of hydrogen-bond acceptors (Lipinski definition) is 2. The van der Waals surface area contributed by atoms with Gasteiger partial charge in [-0.15, -0.1) is 0 Å². The Morgan fingerprint density at radius 1 is 1.36 bits per heavy atom. The number of halogens is 1. The largest absolute Gasteiger partial charge is 0.388 e. The van der Waals surface area contributed by atoms with E-state index in [0.29, 0.717) is 6.42 Å². The Balaban J connectivity index is 2.25. The van der Waals surface area contributed by atoms with Crippen LogP contribution in [0, 0.1) is 5.41 Å². The van der Waals surface area contributed by atoms with Gasteiger partial charge in [-0.25, -0.2) is 0 Å². The van der Waals surface area contributed by atoms with Crippen molar-refractivity contribution in [2.75, 3.05) is 6.54 Å². The quantitative estimate of drug-likeness (QED) is 0.395. The first-order valence-electron chi connectivity index (χ1n) is 4.46. The van der Waals surface area contributed by atoms with Crippen molar-refractivity contribution in [3.8, 4) is 0 Å². The van der Waals surface area contributed by atoms with Crippen molar-refractivity contribution in [1.82, 2.24) is 5.32 Å². The lowest BCUT2D eigenvalue weighted by Crippen LogP contribution is -2.21. The summed E-state index contributed by atoms with van der Waals surface area (Å²) in [4.78, 5) is 0. The second-order valence-corrected chi connectivity index (χ2v) is 3.51. The van der Waals surface area contributed by atoms with Gasteiger partial charge in [-0.2, -0.15) is 0 Å². The van der Waals surface area contributed by atoms with Gasteiger partial charge in [0.1, 0.15) is 0 Å². The molecule has 0 saturated heterocycles. The molecular formula is C10H14ClN3. The lowest BCUT2D eigenvalue weighted by molar-refractivity contribution is 0.702. The average molecular weight is 212 g/mol. The molecular weight excluding hydrogens is 198 g/mol. The Bertz CT molecular complexity index is 295. The van der Waals surface area contributed by atoms with Crippen LogP contribution < -0.4 is 11.1 Å². The summed E-state index contributed by atoms with van der Waals surface area (Å²) in [5, 5.41) is 11.0. The van der Waals surface area contributed by atoms with E-state index in [1.54, 1.807) is 0 Å². The molecule has 4 heteroatoms. The molecule has 0 fully saturated rings. The monoisotopic (exact) mass is 211 g/mol. The third kappa shape index (κ3) is 4.25. The summed E-state index contributed by atoms with van der Waals surface area (Å²) in [5.74, 6) is 0.216. The number of amidine groups is 1. The van der Waals surface area contributed by atoms with Gasteiger partial charge >= 0.3 is 0 Å². The molecule has 0 amide bonds. The van der Waals surface area contributed by atoms with Crippen molar-refractivity contribution in [3.05, 3.63) is 34.9 Å².